The Morgan fingerprint density at radius 3 is 2.28 bits per heavy atom. The highest BCUT2D eigenvalue weighted by atomic mass is 16.5. The maximum absolute atomic E-state index is 13.1. The lowest BCUT2D eigenvalue weighted by Crippen LogP contribution is -2.40. The van der Waals surface area contributed by atoms with E-state index in [4.69, 9.17) is 14.2 Å². The molecule has 2 aliphatic carbocycles. The van der Waals surface area contributed by atoms with Gasteiger partial charge < -0.3 is 29.7 Å². The molecule has 234 valence electrons. The van der Waals surface area contributed by atoms with Crippen LogP contribution in [0.4, 0.5) is 0 Å². The van der Waals surface area contributed by atoms with Gasteiger partial charge in [-0.2, -0.15) is 0 Å². The van der Waals surface area contributed by atoms with E-state index in [1.165, 1.54) is 50.3 Å². The van der Waals surface area contributed by atoms with Crippen LogP contribution in [0.25, 0.3) is 0 Å². The first-order valence-electron chi connectivity index (χ1n) is 15.8. The maximum Gasteiger partial charge on any atom is 0.335 e. The van der Waals surface area contributed by atoms with Gasteiger partial charge in [-0.15, -0.1) is 0 Å². The largest absolute Gasteiger partial charge is 0.494 e. The van der Waals surface area contributed by atoms with E-state index in [9.17, 15) is 24.6 Å². The number of carboxylic acid groups (broad SMARTS) is 2. The molecule has 2 aromatic rings. The van der Waals surface area contributed by atoms with Crippen LogP contribution < -0.4 is 14.8 Å². The van der Waals surface area contributed by atoms with E-state index in [-0.39, 0.29) is 17.2 Å². The van der Waals surface area contributed by atoms with Crippen molar-refractivity contribution in [3.05, 3.63) is 59.2 Å². The number of nitrogens with one attached hydrogen (secondary N) is 1. The summed E-state index contributed by atoms with van der Waals surface area (Å²) in [5, 5.41) is 21.7. The van der Waals surface area contributed by atoms with Gasteiger partial charge in [-0.1, -0.05) is 37.8 Å². The number of carbonyl (C=O) groups is 3. The molecule has 2 aromatic carbocycles. The van der Waals surface area contributed by atoms with Crippen LogP contribution in [0.3, 0.4) is 0 Å². The molecule has 0 unspecified atom stereocenters. The summed E-state index contributed by atoms with van der Waals surface area (Å²) < 4.78 is 17.8. The van der Waals surface area contributed by atoms with E-state index in [2.05, 4.69) is 5.32 Å². The summed E-state index contributed by atoms with van der Waals surface area (Å²) >= 11 is 0. The topological polar surface area (TPSA) is 131 Å². The minimum atomic E-state index is -1.14. The van der Waals surface area contributed by atoms with Crippen molar-refractivity contribution in [1.82, 2.24) is 5.32 Å². The van der Waals surface area contributed by atoms with Crippen LogP contribution in [0.5, 0.6) is 11.5 Å². The van der Waals surface area contributed by atoms with Crippen molar-refractivity contribution in [1.29, 1.82) is 0 Å². The summed E-state index contributed by atoms with van der Waals surface area (Å²) in [4.78, 5) is 36.1. The zero-order chi connectivity index (χ0) is 30.4. The van der Waals surface area contributed by atoms with Gasteiger partial charge in [0.25, 0.3) is 5.91 Å². The molecule has 43 heavy (non-hydrogen) atoms. The average Bonchev–Trinajstić information content (AvgIpc) is 3.02. The fourth-order valence-corrected chi connectivity index (χ4v) is 5.86. The molecule has 0 heterocycles. The molecule has 0 saturated heterocycles. The monoisotopic (exact) mass is 595 g/mol. The number of aryl methyl sites for hydroxylation is 1. The second-order valence-corrected chi connectivity index (χ2v) is 11.7. The van der Waals surface area contributed by atoms with Crippen molar-refractivity contribution in [2.75, 3.05) is 19.8 Å². The fraction of sp³-hybridized carbons (Fsp3) is 0.559. The molecule has 0 radical (unpaired) electrons. The Kier molecular flexibility index (Phi) is 12.7. The Morgan fingerprint density at radius 2 is 1.53 bits per heavy atom. The Bertz CT molecular complexity index is 1190. The first-order chi connectivity index (χ1) is 20.9. The molecular formula is C34H45NO8. The second kappa shape index (κ2) is 16.9. The Hall–Kier alpha value is -3.59. The lowest BCUT2D eigenvalue weighted by Gasteiger charge is -2.27. The lowest BCUT2D eigenvalue weighted by molar-refractivity contribution is -0.143. The van der Waals surface area contributed by atoms with Gasteiger partial charge in [0.15, 0.2) is 0 Å². The number of aromatic carboxylic acids is 1. The standard InChI is InChI=1S/C34H45NO8/c36-32(35-27-10-6-9-25(22-27)33(37)38)30-23-26(34(39)40)15-18-31(30)43-21-7-8-24-13-16-29(17-14-24)42-20-5-4-19-41-28-11-2-1-3-12-28/h13-18,23,25,27-28H,1-12,19-22H2,(H,35,36)(H,37,38)(H,39,40)/t25-,27+/m1/s1. The van der Waals surface area contributed by atoms with E-state index in [1.807, 2.05) is 24.3 Å². The predicted molar refractivity (Wildman–Crippen MR) is 162 cm³/mol. The number of ether oxygens (including phenoxy) is 3. The molecule has 0 aliphatic heterocycles. The number of unbranched alkanes of at least 4 members (excludes halogenated alkanes) is 1. The first-order valence-corrected chi connectivity index (χ1v) is 15.8. The van der Waals surface area contributed by atoms with Crippen molar-refractivity contribution < 1.29 is 38.8 Å². The number of carboxylic acids is 2. The molecule has 3 N–H and O–H groups in total. The summed E-state index contributed by atoms with van der Waals surface area (Å²) in [5.74, 6) is -1.79. The van der Waals surface area contributed by atoms with E-state index < -0.39 is 23.8 Å². The van der Waals surface area contributed by atoms with Gasteiger partial charge in [0.1, 0.15) is 11.5 Å². The molecule has 0 spiro atoms. The van der Waals surface area contributed by atoms with Crippen LogP contribution in [0.2, 0.25) is 0 Å². The highest BCUT2D eigenvalue weighted by Crippen LogP contribution is 2.27. The van der Waals surface area contributed by atoms with Crippen LogP contribution in [0.1, 0.15) is 103 Å². The molecular weight excluding hydrogens is 550 g/mol. The summed E-state index contributed by atoms with van der Waals surface area (Å²) in [6.45, 7) is 1.82. The molecule has 2 atom stereocenters. The van der Waals surface area contributed by atoms with Gasteiger partial charge in [-0.3, -0.25) is 9.59 Å². The van der Waals surface area contributed by atoms with Crippen molar-refractivity contribution in [2.45, 2.75) is 95.6 Å². The number of aliphatic carboxylic acids is 1. The number of benzene rings is 2. The third-order valence-electron chi connectivity index (χ3n) is 8.33. The highest BCUT2D eigenvalue weighted by molar-refractivity contribution is 6.00. The maximum atomic E-state index is 13.1. The van der Waals surface area contributed by atoms with Crippen molar-refractivity contribution >= 4 is 17.8 Å². The minimum absolute atomic E-state index is 0.0142. The number of hydrogen-bond donors (Lipinski definition) is 3. The van der Waals surface area contributed by atoms with E-state index in [0.717, 1.165) is 37.2 Å². The van der Waals surface area contributed by atoms with Crippen LogP contribution >= 0.6 is 0 Å². The average molecular weight is 596 g/mol. The van der Waals surface area contributed by atoms with Crippen molar-refractivity contribution in [2.24, 2.45) is 5.92 Å². The lowest BCUT2D eigenvalue weighted by atomic mass is 9.85. The van der Waals surface area contributed by atoms with Crippen LogP contribution in [0.15, 0.2) is 42.5 Å². The predicted octanol–water partition coefficient (Wildman–Crippen LogP) is 6.28. The van der Waals surface area contributed by atoms with Crippen LogP contribution in [-0.4, -0.2) is 60.0 Å². The molecule has 2 fully saturated rings. The third-order valence-corrected chi connectivity index (χ3v) is 8.33. The zero-order valence-electron chi connectivity index (χ0n) is 24.9. The number of hydrogen-bond acceptors (Lipinski definition) is 6. The van der Waals surface area contributed by atoms with Crippen molar-refractivity contribution in [3.63, 3.8) is 0 Å². The van der Waals surface area contributed by atoms with E-state index in [1.54, 1.807) is 0 Å². The number of rotatable bonds is 16. The SMILES string of the molecule is O=C(O)c1ccc(OCCCc2ccc(OCCCCOC3CCCCC3)cc2)c(C(=O)N[C@H]2CCC[C@@H](C(=O)O)C2)c1. The smallest absolute Gasteiger partial charge is 0.335 e. The number of amides is 1. The fourth-order valence-electron chi connectivity index (χ4n) is 5.86. The summed E-state index contributed by atoms with van der Waals surface area (Å²) in [6, 6.07) is 12.0. The molecule has 9 heteroatoms. The van der Waals surface area contributed by atoms with Gasteiger partial charge >= 0.3 is 11.9 Å². The first kappa shape index (κ1) is 32.3. The van der Waals surface area contributed by atoms with Crippen molar-refractivity contribution in [3.8, 4) is 11.5 Å². The molecule has 4 rings (SSSR count). The second-order valence-electron chi connectivity index (χ2n) is 11.7. The van der Waals surface area contributed by atoms with Gasteiger partial charge in [-0.25, -0.2) is 4.79 Å². The molecule has 2 aliphatic rings. The summed E-state index contributed by atoms with van der Waals surface area (Å²) in [6.07, 6.45) is 12.6. The quantitative estimate of drug-likeness (QED) is 0.193. The third kappa shape index (κ3) is 10.6. The molecule has 2 saturated carbocycles. The Balaban J connectivity index is 1.19. The Morgan fingerprint density at radius 1 is 0.791 bits per heavy atom. The van der Waals surface area contributed by atoms with Gasteiger partial charge in [-0.05, 0) is 93.7 Å². The molecule has 0 bridgehead atoms. The highest BCUT2D eigenvalue weighted by Gasteiger charge is 2.29. The van der Waals surface area contributed by atoms with Gasteiger partial charge in [0.2, 0.25) is 0 Å². The Labute approximate surface area is 253 Å². The minimum Gasteiger partial charge on any atom is -0.494 e. The number of carbonyl (C=O) groups excluding carboxylic acids is 1. The summed E-state index contributed by atoms with van der Waals surface area (Å²) in [5.41, 5.74) is 1.26. The van der Waals surface area contributed by atoms with Gasteiger partial charge in [0, 0.05) is 12.6 Å². The van der Waals surface area contributed by atoms with Crippen LogP contribution in [-0.2, 0) is 16.0 Å². The summed E-state index contributed by atoms with van der Waals surface area (Å²) in [7, 11) is 0. The van der Waals surface area contributed by atoms with Gasteiger partial charge in [0.05, 0.1) is 36.4 Å². The normalized spacial score (nSPS) is 19.0. The molecule has 1 amide bonds. The zero-order valence-corrected chi connectivity index (χ0v) is 24.9. The van der Waals surface area contributed by atoms with E-state index in [0.29, 0.717) is 57.2 Å². The van der Waals surface area contributed by atoms with Crippen LogP contribution in [0, 0.1) is 5.92 Å². The molecule has 0 aromatic heterocycles. The van der Waals surface area contributed by atoms with E-state index >= 15 is 0 Å². The molecule has 9 nitrogen and oxygen atoms in total.